The first kappa shape index (κ1) is 13.7. The van der Waals surface area contributed by atoms with Crippen LogP contribution in [-0.2, 0) is 0 Å². The van der Waals surface area contributed by atoms with E-state index in [4.69, 9.17) is 14.7 Å². The van der Waals surface area contributed by atoms with Crippen molar-refractivity contribution in [2.75, 3.05) is 19.5 Å². The molecule has 5 heteroatoms. The molecule has 0 fully saturated rings. The molecule has 102 valence electrons. The molecule has 0 aliphatic rings. The average molecular weight is 269 g/mol. The Labute approximate surface area is 117 Å². The SMILES string of the molecule is COc1ccc(Nc2nc(C)ccc2C#N)c(OC)c1. The number of nitriles is 1. The van der Waals surface area contributed by atoms with Gasteiger partial charge < -0.3 is 14.8 Å². The Morgan fingerprint density at radius 3 is 2.60 bits per heavy atom. The first-order chi connectivity index (χ1) is 9.67. The van der Waals surface area contributed by atoms with Gasteiger partial charge in [-0.2, -0.15) is 5.26 Å². The number of hydrogen-bond donors (Lipinski definition) is 1. The molecule has 2 aromatic rings. The van der Waals surface area contributed by atoms with Gasteiger partial charge in [0.1, 0.15) is 23.4 Å². The minimum atomic E-state index is 0.480. The Morgan fingerprint density at radius 1 is 1.15 bits per heavy atom. The summed E-state index contributed by atoms with van der Waals surface area (Å²) in [6.07, 6.45) is 0. The Kier molecular flexibility index (Phi) is 4.06. The van der Waals surface area contributed by atoms with Crippen LogP contribution in [0.15, 0.2) is 30.3 Å². The van der Waals surface area contributed by atoms with Gasteiger partial charge in [0.15, 0.2) is 0 Å². The number of aromatic nitrogens is 1. The summed E-state index contributed by atoms with van der Waals surface area (Å²) in [5.74, 6) is 1.83. The molecule has 1 heterocycles. The Bertz CT molecular complexity index is 663. The van der Waals surface area contributed by atoms with Crippen LogP contribution in [0.4, 0.5) is 11.5 Å². The van der Waals surface area contributed by atoms with Crippen LogP contribution >= 0.6 is 0 Å². The summed E-state index contributed by atoms with van der Waals surface area (Å²) in [5, 5.41) is 12.2. The molecule has 0 bridgehead atoms. The molecule has 0 amide bonds. The van der Waals surface area contributed by atoms with Crippen molar-refractivity contribution in [1.82, 2.24) is 4.98 Å². The zero-order valence-electron chi connectivity index (χ0n) is 11.6. The van der Waals surface area contributed by atoms with Gasteiger partial charge in [-0.25, -0.2) is 4.98 Å². The fourth-order valence-corrected chi connectivity index (χ4v) is 1.77. The number of ether oxygens (including phenoxy) is 2. The second-order valence-electron chi connectivity index (χ2n) is 4.15. The molecule has 1 aromatic heterocycles. The molecule has 20 heavy (non-hydrogen) atoms. The molecule has 0 aliphatic heterocycles. The number of nitrogens with zero attached hydrogens (tertiary/aromatic N) is 2. The van der Waals surface area contributed by atoms with Crippen LogP contribution in [0.2, 0.25) is 0 Å². The van der Waals surface area contributed by atoms with E-state index in [-0.39, 0.29) is 0 Å². The normalized spacial score (nSPS) is 9.70. The van der Waals surface area contributed by atoms with Gasteiger partial charge in [0.05, 0.1) is 25.5 Å². The Hall–Kier alpha value is -2.74. The van der Waals surface area contributed by atoms with Crippen molar-refractivity contribution in [2.45, 2.75) is 6.92 Å². The maximum Gasteiger partial charge on any atom is 0.148 e. The molecule has 0 saturated carbocycles. The van der Waals surface area contributed by atoms with Gasteiger partial charge in [-0.1, -0.05) is 0 Å². The zero-order valence-corrected chi connectivity index (χ0v) is 11.6. The van der Waals surface area contributed by atoms with Gasteiger partial charge in [-0.15, -0.1) is 0 Å². The van der Waals surface area contributed by atoms with E-state index < -0.39 is 0 Å². The third kappa shape index (κ3) is 2.81. The van der Waals surface area contributed by atoms with Gasteiger partial charge in [0.2, 0.25) is 0 Å². The molecule has 5 nitrogen and oxygen atoms in total. The lowest BCUT2D eigenvalue weighted by Gasteiger charge is -2.13. The topological polar surface area (TPSA) is 67.2 Å². The largest absolute Gasteiger partial charge is 0.497 e. The van der Waals surface area contributed by atoms with E-state index in [0.29, 0.717) is 22.9 Å². The van der Waals surface area contributed by atoms with Gasteiger partial charge in [0.25, 0.3) is 0 Å². The van der Waals surface area contributed by atoms with Crippen LogP contribution in [0, 0.1) is 18.3 Å². The highest BCUT2D eigenvalue weighted by Gasteiger charge is 2.09. The van der Waals surface area contributed by atoms with Crippen LogP contribution < -0.4 is 14.8 Å². The van der Waals surface area contributed by atoms with Gasteiger partial charge in [0, 0.05) is 11.8 Å². The zero-order chi connectivity index (χ0) is 14.5. The number of benzene rings is 1. The van der Waals surface area contributed by atoms with Crippen molar-refractivity contribution in [3.05, 3.63) is 41.6 Å². The predicted molar refractivity (Wildman–Crippen MR) is 76.5 cm³/mol. The number of pyridine rings is 1. The second-order valence-corrected chi connectivity index (χ2v) is 4.15. The van der Waals surface area contributed by atoms with Crippen molar-refractivity contribution in [2.24, 2.45) is 0 Å². The smallest absolute Gasteiger partial charge is 0.148 e. The Morgan fingerprint density at radius 2 is 1.95 bits per heavy atom. The average Bonchev–Trinajstić information content (AvgIpc) is 2.48. The quantitative estimate of drug-likeness (QED) is 0.924. The molecule has 2 rings (SSSR count). The molecular weight excluding hydrogens is 254 g/mol. The monoisotopic (exact) mass is 269 g/mol. The van der Waals surface area contributed by atoms with E-state index in [2.05, 4.69) is 16.4 Å². The molecule has 1 N–H and O–H groups in total. The van der Waals surface area contributed by atoms with E-state index in [9.17, 15) is 0 Å². The molecule has 0 atom stereocenters. The first-order valence-corrected chi connectivity index (χ1v) is 6.04. The van der Waals surface area contributed by atoms with Gasteiger partial charge in [-0.3, -0.25) is 0 Å². The summed E-state index contributed by atoms with van der Waals surface area (Å²) in [6, 6.07) is 11.1. The van der Waals surface area contributed by atoms with Crippen LogP contribution in [-0.4, -0.2) is 19.2 Å². The van der Waals surface area contributed by atoms with Crippen molar-refractivity contribution in [3.8, 4) is 17.6 Å². The van der Waals surface area contributed by atoms with Crippen LogP contribution in [0.25, 0.3) is 0 Å². The number of methoxy groups -OCH3 is 2. The Balaban J connectivity index is 2.40. The summed E-state index contributed by atoms with van der Waals surface area (Å²) < 4.78 is 10.5. The van der Waals surface area contributed by atoms with Crippen molar-refractivity contribution in [3.63, 3.8) is 0 Å². The fourth-order valence-electron chi connectivity index (χ4n) is 1.77. The van der Waals surface area contributed by atoms with Crippen molar-refractivity contribution < 1.29 is 9.47 Å². The third-order valence-electron chi connectivity index (χ3n) is 2.82. The molecule has 0 unspecified atom stereocenters. The summed E-state index contributed by atoms with van der Waals surface area (Å²) in [4.78, 5) is 4.34. The minimum absolute atomic E-state index is 0.480. The molecule has 0 aliphatic carbocycles. The highest BCUT2D eigenvalue weighted by molar-refractivity contribution is 5.69. The van der Waals surface area contributed by atoms with E-state index in [1.807, 2.05) is 19.1 Å². The number of hydrogen-bond acceptors (Lipinski definition) is 5. The molecular formula is C15H15N3O2. The van der Waals surface area contributed by atoms with Gasteiger partial charge in [-0.05, 0) is 31.2 Å². The molecule has 1 aromatic carbocycles. The number of aryl methyl sites for hydroxylation is 1. The van der Waals surface area contributed by atoms with E-state index in [1.165, 1.54) is 0 Å². The number of rotatable bonds is 4. The van der Waals surface area contributed by atoms with Gasteiger partial charge >= 0.3 is 0 Å². The highest BCUT2D eigenvalue weighted by Crippen LogP contribution is 2.31. The second kappa shape index (κ2) is 5.93. The molecule has 0 radical (unpaired) electrons. The van der Waals surface area contributed by atoms with Crippen LogP contribution in [0.1, 0.15) is 11.3 Å². The first-order valence-electron chi connectivity index (χ1n) is 6.04. The maximum atomic E-state index is 9.11. The fraction of sp³-hybridized carbons (Fsp3) is 0.200. The third-order valence-corrected chi connectivity index (χ3v) is 2.82. The molecule has 0 spiro atoms. The van der Waals surface area contributed by atoms with Crippen LogP contribution in [0.3, 0.4) is 0 Å². The lowest BCUT2D eigenvalue weighted by atomic mass is 10.2. The lowest BCUT2D eigenvalue weighted by molar-refractivity contribution is 0.395. The number of nitrogens with one attached hydrogen (secondary N) is 1. The summed E-state index contributed by atoms with van der Waals surface area (Å²) >= 11 is 0. The van der Waals surface area contributed by atoms with Crippen molar-refractivity contribution in [1.29, 1.82) is 5.26 Å². The summed E-state index contributed by atoms with van der Waals surface area (Å²) in [5.41, 5.74) is 2.04. The minimum Gasteiger partial charge on any atom is -0.497 e. The van der Waals surface area contributed by atoms with Crippen molar-refractivity contribution >= 4 is 11.5 Å². The van der Waals surface area contributed by atoms with Crippen LogP contribution in [0.5, 0.6) is 11.5 Å². The summed E-state index contributed by atoms with van der Waals surface area (Å²) in [7, 11) is 3.17. The van der Waals surface area contributed by atoms with E-state index in [0.717, 1.165) is 11.4 Å². The number of anilines is 2. The highest BCUT2D eigenvalue weighted by atomic mass is 16.5. The van der Waals surface area contributed by atoms with E-state index >= 15 is 0 Å². The standard InChI is InChI=1S/C15H15N3O2/c1-10-4-5-11(9-16)15(17-10)18-13-7-6-12(19-2)8-14(13)20-3/h4-8H,1-3H3,(H,17,18). The molecule has 0 saturated heterocycles. The van der Waals surface area contributed by atoms with E-state index in [1.54, 1.807) is 32.4 Å². The lowest BCUT2D eigenvalue weighted by Crippen LogP contribution is -2.00. The summed E-state index contributed by atoms with van der Waals surface area (Å²) in [6.45, 7) is 1.87. The maximum absolute atomic E-state index is 9.11. The predicted octanol–water partition coefficient (Wildman–Crippen LogP) is 3.02.